The lowest BCUT2D eigenvalue weighted by Crippen LogP contribution is -2.44. The summed E-state index contributed by atoms with van der Waals surface area (Å²) in [6.07, 6.45) is 8.36. The van der Waals surface area contributed by atoms with E-state index in [1.54, 1.807) is 0 Å². The second-order valence-electron chi connectivity index (χ2n) is 6.35. The van der Waals surface area contributed by atoms with Gasteiger partial charge < -0.3 is 4.52 Å². The van der Waals surface area contributed by atoms with Gasteiger partial charge in [0.1, 0.15) is 5.78 Å². The lowest BCUT2D eigenvalue weighted by molar-refractivity contribution is -0.123. The van der Waals surface area contributed by atoms with E-state index in [1.807, 2.05) is 0 Å². The summed E-state index contributed by atoms with van der Waals surface area (Å²) >= 11 is 0. The van der Waals surface area contributed by atoms with E-state index in [0.717, 1.165) is 50.9 Å². The Morgan fingerprint density at radius 2 is 2.19 bits per heavy atom. The van der Waals surface area contributed by atoms with Crippen molar-refractivity contribution in [1.29, 1.82) is 0 Å². The number of carbonyl (C=O) groups is 1. The van der Waals surface area contributed by atoms with Crippen LogP contribution in [0.4, 0.5) is 0 Å². The third kappa shape index (κ3) is 3.34. The van der Waals surface area contributed by atoms with Crippen molar-refractivity contribution in [2.24, 2.45) is 5.92 Å². The minimum atomic E-state index is 0.239. The van der Waals surface area contributed by atoms with Crippen molar-refractivity contribution in [2.45, 2.75) is 70.9 Å². The zero-order valence-corrected chi connectivity index (χ0v) is 12.9. The molecule has 5 heteroatoms. The monoisotopic (exact) mass is 291 g/mol. The molecule has 0 bridgehead atoms. The van der Waals surface area contributed by atoms with Crippen molar-refractivity contribution in [3.05, 3.63) is 11.7 Å². The molecule has 1 aliphatic heterocycles. The summed E-state index contributed by atoms with van der Waals surface area (Å²) in [6, 6.07) is 0.385. The van der Waals surface area contributed by atoms with E-state index < -0.39 is 0 Å². The number of aromatic nitrogens is 2. The lowest BCUT2D eigenvalue weighted by Gasteiger charge is -2.37. The standard InChI is InChI=1S/C16H25N3O2/c1-2-6-15-17-16(21-18-15)11-19-10-4-3-8-13(19)12-7-5-9-14(12)20/h12-13H,2-11H2,1H3. The van der Waals surface area contributed by atoms with E-state index in [1.165, 1.54) is 12.8 Å². The Morgan fingerprint density at radius 3 is 2.95 bits per heavy atom. The molecule has 116 valence electrons. The van der Waals surface area contributed by atoms with Crippen molar-refractivity contribution in [3.8, 4) is 0 Å². The zero-order valence-electron chi connectivity index (χ0n) is 12.9. The summed E-state index contributed by atoms with van der Waals surface area (Å²) in [5.74, 6) is 2.21. The molecule has 2 unspecified atom stereocenters. The molecule has 1 aliphatic carbocycles. The highest BCUT2D eigenvalue weighted by Gasteiger charge is 2.37. The van der Waals surface area contributed by atoms with Crippen LogP contribution >= 0.6 is 0 Å². The summed E-state index contributed by atoms with van der Waals surface area (Å²) in [7, 11) is 0. The molecule has 0 N–H and O–H groups in total. The van der Waals surface area contributed by atoms with E-state index in [9.17, 15) is 4.79 Å². The molecule has 0 amide bonds. The predicted octanol–water partition coefficient (Wildman–Crippen LogP) is 2.75. The molecule has 2 aliphatic rings. The van der Waals surface area contributed by atoms with Crippen LogP contribution in [0.15, 0.2) is 4.52 Å². The molecule has 1 aromatic heterocycles. The topological polar surface area (TPSA) is 59.2 Å². The molecule has 2 heterocycles. The number of aryl methyl sites for hydroxylation is 1. The summed E-state index contributed by atoms with van der Waals surface area (Å²) < 4.78 is 5.37. The summed E-state index contributed by atoms with van der Waals surface area (Å²) in [5, 5.41) is 4.03. The highest BCUT2D eigenvalue weighted by molar-refractivity contribution is 5.83. The first-order valence-electron chi connectivity index (χ1n) is 8.36. The number of rotatable bonds is 5. The Bertz CT molecular complexity index is 486. The fourth-order valence-corrected chi connectivity index (χ4v) is 3.77. The smallest absolute Gasteiger partial charge is 0.240 e. The van der Waals surface area contributed by atoms with Gasteiger partial charge in [0, 0.05) is 24.8 Å². The molecule has 0 aromatic carbocycles. The normalized spacial score (nSPS) is 27.4. The average molecular weight is 291 g/mol. The number of nitrogens with zero attached hydrogens (tertiary/aromatic N) is 3. The van der Waals surface area contributed by atoms with Crippen LogP contribution in [-0.4, -0.2) is 33.4 Å². The van der Waals surface area contributed by atoms with Gasteiger partial charge in [-0.05, 0) is 38.6 Å². The molecule has 21 heavy (non-hydrogen) atoms. The van der Waals surface area contributed by atoms with Gasteiger partial charge in [0.25, 0.3) is 0 Å². The predicted molar refractivity (Wildman–Crippen MR) is 78.7 cm³/mol. The Kier molecular flexibility index (Phi) is 4.68. The van der Waals surface area contributed by atoms with Gasteiger partial charge >= 0.3 is 0 Å². The second-order valence-corrected chi connectivity index (χ2v) is 6.35. The Hall–Kier alpha value is -1.23. The van der Waals surface area contributed by atoms with Crippen LogP contribution in [0.2, 0.25) is 0 Å². The van der Waals surface area contributed by atoms with Crippen LogP contribution < -0.4 is 0 Å². The summed E-state index contributed by atoms with van der Waals surface area (Å²) in [6.45, 7) is 3.85. The van der Waals surface area contributed by atoms with E-state index in [-0.39, 0.29) is 5.92 Å². The first kappa shape index (κ1) is 14.7. The van der Waals surface area contributed by atoms with E-state index >= 15 is 0 Å². The largest absolute Gasteiger partial charge is 0.338 e. The Labute approximate surface area is 126 Å². The molecular formula is C16H25N3O2. The van der Waals surface area contributed by atoms with Gasteiger partial charge in [-0.2, -0.15) is 4.98 Å². The highest BCUT2D eigenvalue weighted by Crippen LogP contribution is 2.33. The second kappa shape index (κ2) is 6.69. The maximum absolute atomic E-state index is 12.1. The first-order valence-corrected chi connectivity index (χ1v) is 8.36. The van der Waals surface area contributed by atoms with Gasteiger partial charge in [-0.3, -0.25) is 9.69 Å². The van der Waals surface area contributed by atoms with E-state index in [2.05, 4.69) is 22.0 Å². The van der Waals surface area contributed by atoms with Gasteiger partial charge in [0.2, 0.25) is 5.89 Å². The highest BCUT2D eigenvalue weighted by atomic mass is 16.5. The molecular weight excluding hydrogens is 266 g/mol. The molecule has 1 saturated carbocycles. The molecule has 0 radical (unpaired) electrons. The van der Waals surface area contributed by atoms with Crippen LogP contribution in [0, 0.1) is 5.92 Å². The first-order chi connectivity index (χ1) is 10.3. The molecule has 2 fully saturated rings. The molecule has 1 saturated heterocycles. The van der Waals surface area contributed by atoms with E-state index in [0.29, 0.717) is 24.3 Å². The fourth-order valence-electron chi connectivity index (χ4n) is 3.77. The SMILES string of the molecule is CCCc1noc(CN2CCCCC2C2CCCC2=O)n1. The summed E-state index contributed by atoms with van der Waals surface area (Å²) in [4.78, 5) is 19.0. The fraction of sp³-hybridized carbons (Fsp3) is 0.812. The van der Waals surface area contributed by atoms with Crippen molar-refractivity contribution < 1.29 is 9.32 Å². The van der Waals surface area contributed by atoms with Gasteiger partial charge in [0.15, 0.2) is 5.82 Å². The van der Waals surface area contributed by atoms with Crippen LogP contribution in [0.25, 0.3) is 0 Å². The van der Waals surface area contributed by atoms with Gasteiger partial charge in [-0.25, -0.2) is 0 Å². The average Bonchev–Trinajstić information content (AvgIpc) is 3.09. The molecule has 5 nitrogen and oxygen atoms in total. The van der Waals surface area contributed by atoms with Gasteiger partial charge in [0.05, 0.1) is 6.54 Å². The number of carbonyl (C=O) groups excluding carboxylic acids is 1. The number of ketones is 1. The maximum atomic E-state index is 12.1. The van der Waals surface area contributed by atoms with Crippen LogP contribution in [0.1, 0.15) is 63.6 Å². The number of likely N-dealkylation sites (tertiary alicyclic amines) is 1. The minimum absolute atomic E-state index is 0.239. The minimum Gasteiger partial charge on any atom is -0.338 e. The Morgan fingerprint density at radius 1 is 1.29 bits per heavy atom. The molecule has 1 aromatic rings. The maximum Gasteiger partial charge on any atom is 0.240 e. The number of hydrogen-bond donors (Lipinski definition) is 0. The lowest BCUT2D eigenvalue weighted by atomic mass is 9.88. The number of hydrogen-bond acceptors (Lipinski definition) is 5. The quantitative estimate of drug-likeness (QED) is 0.835. The van der Waals surface area contributed by atoms with E-state index in [4.69, 9.17) is 4.52 Å². The van der Waals surface area contributed by atoms with Crippen molar-refractivity contribution in [3.63, 3.8) is 0 Å². The van der Waals surface area contributed by atoms with Crippen molar-refractivity contribution in [1.82, 2.24) is 15.0 Å². The molecule has 0 spiro atoms. The molecule has 3 rings (SSSR count). The van der Waals surface area contributed by atoms with Crippen molar-refractivity contribution >= 4 is 5.78 Å². The van der Waals surface area contributed by atoms with Crippen LogP contribution in [0.5, 0.6) is 0 Å². The van der Waals surface area contributed by atoms with Crippen LogP contribution in [0.3, 0.4) is 0 Å². The number of Topliss-reactive ketones (excluding diaryl/α,β-unsaturated/α-hetero) is 1. The van der Waals surface area contributed by atoms with Crippen LogP contribution in [-0.2, 0) is 17.8 Å². The number of piperidine rings is 1. The molecule has 2 atom stereocenters. The zero-order chi connectivity index (χ0) is 14.7. The van der Waals surface area contributed by atoms with Gasteiger partial charge in [-0.1, -0.05) is 18.5 Å². The summed E-state index contributed by atoms with van der Waals surface area (Å²) in [5.41, 5.74) is 0. The van der Waals surface area contributed by atoms with Gasteiger partial charge in [-0.15, -0.1) is 0 Å². The third-order valence-corrected chi connectivity index (χ3v) is 4.80. The van der Waals surface area contributed by atoms with Crippen molar-refractivity contribution in [2.75, 3.05) is 6.54 Å². The Balaban J connectivity index is 1.67. The third-order valence-electron chi connectivity index (χ3n) is 4.80.